The van der Waals surface area contributed by atoms with Gasteiger partial charge in [-0.3, -0.25) is 0 Å². The largest absolute Gasteiger partial charge is 0.382 e. The lowest BCUT2D eigenvalue weighted by Gasteiger charge is -2.32. The highest BCUT2D eigenvalue weighted by molar-refractivity contribution is 7.91. The van der Waals surface area contributed by atoms with Gasteiger partial charge in [0.25, 0.3) is 0 Å². The molecule has 29 heavy (non-hydrogen) atoms. The van der Waals surface area contributed by atoms with Crippen LogP contribution in [0.25, 0.3) is 16.8 Å². The van der Waals surface area contributed by atoms with Crippen molar-refractivity contribution in [1.29, 1.82) is 0 Å². The van der Waals surface area contributed by atoms with E-state index >= 15 is 0 Å². The number of sulfone groups is 1. The molecule has 1 aliphatic heterocycles. The predicted molar refractivity (Wildman–Crippen MR) is 112 cm³/mol. The van der Waals surface area contributed by atoms with Gasteiger partial charge in [0.2, 0.25) is 0 Å². The van der Waals surface area contributed by atoms with Crippen LogP contribution in [0.5, 0.6) is 0 Å². The van der Waals surface area contributed by atoms with E-state index in [9.17, 15) is 8.42 Å². The normalized spacial score (nSPS) is 17.9. The summed E-state index contributed by atoms with van der Waals surface area (Å²) in [6, 6.07) is 5.38. The minimum absolute atomic E-state index is 0.0634. The Labute approximate surface area is 169 Å². The molecule has 154 valence electrons. The highest BCUT2D eigenvalue weighted by Gasteiger charge is 2.25. The summed E-state index contributed by atoms with van der Waals surface area (Å²) in [7, 11) is -3.43. The molecule has 0 radical (unpaired) electrons. The molecule has 0 unspecified atom stereocenters. The zero-order valence-corrected chi connectivity index (χ0v) is 17.3. The molecular formula is C19H25N7O2S. The van der Waals surface area contributed by atoms with Crippen LogP contribution in [0.2, 0.25) is 0 Å². The summed E-state index contributed by atoms with van der Waals surface area (Å²) in [5, 5.41) is 3.91. The Balaban J connectivity index is 1.82. The molecule has 0 aliphatic carbocycles. The van der Waals surface area contributed by atoms with Gasteiger partial charge in [-0.2, -0.15) is 5.10 Å². The molecular weight excluding hydrogens is 390 g/mol. The fourth-order valence-electron chi connectivity index (χ4n) is 3.67. The zero-order chi connectivity index (χ0) is 20.8. The Hall–Kier alpha value is -2.72. The van der Waals surface area contributed by atoms with Crippen LogP contribution in [0.15, 0.2) is 35.7 Å². The van der Waals surface area contributed by atoms with Crippen molar-refractivity contribution in [3.8, 4) is 11.3 Å². The van der Waals surface area contributed by atoms with Gasteiger partial charge in [-0.1, -0.05) is 0 Å². The number of rotatable bonds is 4. The molecule has 4 rings (SSSR count). The molecule has 0 spiro atoms. The first-order valence-corrected chi connectivity index (χ1v) is 11.2. The SMILES string of the molecule is CC(C)S(=O)(=O)c1ccc(-c2cc(N3CCC[C@@H](N)C3)c3c(N)ncnn23)cn1. The number of hydrogen-bond acceptors (Lipinski definition) is 8. The molecule has 1 fully saturated rings. The number of fused-ring (bicyclic) bond motifs is 1. The van der Waals surface area contributed by atoms with Crippen LogP contribution in [0, 0.1) is 0 Å². The van der Waals surface area contributed by atoms with Gasteiger partial charge in [0.15, 0.2) is 20.7 Å². The summed E-state index contributed by atoms with van der Waals surface area (Å²) in [4.78, 5) is 10.6. The molecule has 9 nitrogen and oxygen atoms in total. The lowest BCUT2D eigenvalue weighted by Crippen LogP contribution is -2.42. The van der Waals surface area contributed by atoms with Crippen molar-refractivity contribution in [3.63, 3.8) is 0 Å². The first kappa shape index (κ1) is 19.6. The lowest BCUT2D eigenvalue weighted by molar-refractivity contribution is 0.507. The summed E-state index contributed by atoms with van der Waals surface area (Å²) in [6.07, 6.45) is 4.96. The van der Waals surface area contributed by atoms with Crippen molar-refractivity contribution < 1.29 is 8.42 Å². The van der Waals surface area contributed by atoms with Crippen molar-refractivity contribution in [2.75, 3.05) is 23.7 Å². The first-order valence-electron chi connectivity index (χ1n) is 9.62. The molecule has 0 saturated carbocycles. The highest BCUT2D eigenvalue weighted by atomic mass is 32.2. The van der Waals surface area contributed by atoms with Crippen LogP contribution in [-0.4, -0.2) is 52.4 Å². The van der Waals surface area contributed by atoms with Crippen molar-refractivity contribution >= 4 is 26.9 Å². The number of nitrogen functional groups attached to an aromatic ring is 1. The first-order chi connectivity index (χ1) is 13.8. The number of nitrogens with two attached hydrogens (primary N) is 2. The van der Waals surface area contributed by atoms with E-state index in [-0.39, 0.29) is 11.1 Å². The number of anilines is 2. The monoisotopic (exact) mass is 415 g/mol. The smallest absolute Gasteiger partial charge is 0.197 e. The number of aromatic nitrogens is 4. The van der Waals surface area contributed by atoms with Gasteiger partial charge >= 0.3 is 0 Å². The van der Waals surface area contributed by atoms with E-state index in [1.54, 1.807) is 30.6 Å². The maximum Gasteiger partial charge on any atom is 0.197 e. The zero-order valence-electron chi connectivity index (χ0n) is 16.5. The van der Waals surface area contributed by atoms with E-state index < -0.39 is 15.1 Å². The molecule has 3 aromatic heterocycles. The third kappa shape index (κ3) is 3.42. The average molecular weight is 416 g/mol. The summed E-state index contributed by atoms with van der Waals surface area (Å²) in [5.41, 5.74) is 15.5. The number of piperidine rings is 1. The molecule has 0 aromatic carbocycles. The standard InChI is InChI=1S/C19H25N7O2S/c1-12(2)29(27,28)17-6-5-13(9-22-17)15-8-16(25-7-3-4-14(20)10-25)18-19(21)23-11-24-26(15)18/h5-6,8-9,11-12,14H,3-4,7,10,20H2,1-2H3,(H2,21,23,24)/t14-/m1/s1. The van der Waals surface area contributed by atoms with E-state index in [4.69, 9.17) is 11.5 Å². The Bertz CT molecular complexity index is 1140. The molecule has 1 saturated heterocycles. The second kappa shape index (κ2) is 7.27. The Kier molecular flexibility index (Phi) is 4.91. The fraction of sp³-hybridized carbons (Fsp3) is 0.421. The summed E-state index contributed by atoms with van der Waals surface area (Å²) in [6.45, 7) is 4.89. The fourth-order valence-corrected chi connectivity index (χ4v) is 4.61. The topological polar surface area (TPSA) is 132 Å². The van der Waals surface area contributed by atoms with Crippen molar-refractivity contribution in [2.24, 2.45) is 5.73 Å². The summed E-state index contributed by atoms with van der Waals surface area (Å²) >= 11 is 0. The molecule has 4 N–H and O–H groups in total. The van der Waals surface area contributed by atoms with Gasteiger partial charge in [0.05, 0.1) is 16.6 Å². The van der Waals surface area contributed by atoms with E-state index in [0.717, 1.165) is 48.4 Å². The number of nitrogens with zero attached hydrogens (tertiary/aromatic N) is 5. The summed E-state index contributed by atoms with van der Waals surface area (Å²) in [5.74, 6) is 0.382. The van der Waals surface area contributed by atoms with E-state index in [2.05, 4.69) is 20.0 Å². The molecule has 3 aromatic rings. The van der Waals surface area contributed by atoms with Crippen LogP contribution in [0.3, 0.4) is 0 Å². The molecule has 1 aliphatic rings. The van der Waals surface area contributed by atoms with Gasteiger partial charge in [-0.25, -0.2) is 22.9 Å². The van der Waals surface area contributed by atoms with Crippen LogP contribution in [0.1, 0.15) is 26.7 Å². The maximum absolute atomic E-state index is 12.4. The summed E-state index contributed by atoms with van der Waals surface area (Å²) < 4.78 is 26.4. The van der Waals surface area contributed by atoms with Crippen LogP contribution in [0.4, 0.5) is 11.5 Å². The maximum atomic E-state index is 12.4. The quantitative estimate of drug-likeness (QED) is 0.655. The second-order valence-electron chi connectivity index (χ2n) is 7.65. The van der Waals surface area contributed by atoms with Crippen molar-refractivity contribution in [3.05, 3.63) is 30.7 Å². The lowest BCUT2D eigenvalue weighted by atomic mass is 10.1. The van der Waals surface area contributed by atoms with Crippen molar-refractivity contribution in [1.82, 2.24) is 19.6 Å². The molecule has 0 bridgehead atoms. The number of hydrogen-bond donors (Lipinski definition) is 2. The van der Waals surface area contributed by atoms with Crippen LogP contribution < -0.4 is 16.4 Å². The van der Waals surface area contributed by atoms with Gasteiger partial charge in [0.1, 0.15) is 11.8 Å². The van der Waals surface area contributed by atoms with Crippen molar-refractivity contribution in [2.45, 2.75) is 43.0 Å². The Morgan fingerprint density at radius 1 is 1.24 bits per heavy atom. The number of pyridine rings is 1. The van der Waals surface area contributed by atoms with Gasteiger partial charge < -0.3 is 16.4 Å². The molecule has 4 heterocycles. The van der Waals surface area contributed by atoms with Gasteiger partial charge in [-0.15, -0.1) is 0 Å². The predicted octanol–water partition coefficient (Wildman–Crippen LogP) is 1.48. The minimum atomic E-state index is -3.43. The Morgan fingerprint density at radius 3 is 2.69 bits per heavy atom. The third-order valence-corrected chi connectivity index (χ3v) is 7.37. The van der Waals surface area contributed by atoms with E-state index in [1.807, 2.05) is 6.07 Å². The van der Waals surface area contributed by atoms with Crippen LogP contribution in [-0.2, 0) is 9.84 Å². The Morgan fingerprint density at radius 2 is 2.03 bits per heavy atom. The second-order valence-corrected chi connectivity index (χ2v) is 10.1. The molecule has 1 atom stereocenters. The van der Waals surface area contributed by atoms with E-state index in [0.29, 0.717) is 5.82 Å². The molecule has 0 amide bonds. The van der Waals surface area contributed by atoms with Gasteiger partial charge in [0, 0.05) is 30.9 Å². The third-order valence-electron chi connectivity index (χ3n) is 5.31. The van der Waals surface area contributed by atoms with Crippen LogP contribution >= 0.6 is 0 Å². The average Bonchev–Trinajstić information content (AvgIpc) is 3.09. The molecule has 10 heteroatoms. The minimum Gasteiger partial charge on any atom is -0.382 e. The van der Waals surface area contributed by atoms with Gasteiger partial charge in [-0.05, 0) is 44.9 Å². The van der Waals surface area contributed by atoms with E-state index in [1.165, 1.54) is 12.4 Å². The highest BCUT2D eigenvalue weighted by Crippen LogP contribution is 2.35.